The van der Waals surface area contributed by atoms with Gasteiger partial charge in [0, 0.05) is 13.7 Å². The van der Waals surface area contributed by atoms with Gasteiger partial charge in [-0.15, -0.1) is 0 Å². The second-order valence-electron chi connectivity index (χ2n) is 4.33. The lowest BCUT2D eigenvalue weighted by molar-refractivity contribution is -0.144. The average molecular weight is 202 g/mol. The predicted molar refractivity (Wildman–Crippen MR) is 56.2 cm³/mol. The molecule has 0 rings (SSSR count). The highest BCUT2D eigenvalue weighted by Gasteiger charge is 2.24. The van der Waals surface area contributed by atoms with Crippen LogP contribution in [0.25, 0.3) is 0 Å². The number of methoxy groups -OCH3 is 1. The highest BCUT2D eigenvalue weighted by Crippen LogP contribution is 2.23. The fourth-order valence-corrected chi connectivity index (χ4v) is 1.59. The van der Waals surface area contributed by atoms with E-state index in [4.69, 9.17) is 9.84 Å². The van der Waals surface area contributed by atoms with Gasteiger partial charge in [0.25, 0.3) is 0 Å². The van der Waals surface area contributed by atoms with Crippen molar-refractivity contribution < 1.29 is 14.6 Å². The Bertz CT molecular complexity index is 166. The Labute approximate surface area is 86.5 Å². The summed E-state index contributed by atoms with van der Waals surface area (Å²) in [5, 5.41) is 9.05. The second-order valence-corrected chi connectivity index (χ2v) is 4.33. The molecule has 0 amide bonds. The molecule has 0 heterocycles. The van der Waals surface area contributed by atoms with Gasteiger partial charge in [-0.2, -0.15) is 0 Å². The van der Waals surface area contributed by atoms with Gasteiger partial charge in [-0.05, 0) is 24.7 Å². The third-order valence-electron chi connectivity index (χ3n) is 2.51. The van der Waals surface area contributed by atoms with E-state index in [9.17, 15) is 4.79 Å². The van der Waals surface area contributed by atoms with Crippen LogP contribution in [0.15, 0.2) is 0 Å². The third-order valence-corrected chi connectivity index (χ3v) is 2.51. The van der Waals surface area contributed by atoms with E-state index in [2.05, 4.69) is 13.8 Å². The maximum Gasteiger partial charge on any atom is 0.306 e. The fourth-order valence-electron chi connectivity index (χ4n) is 1.59. The summed E-state index contributed by atoms with van der Waals surface area (Å²) >= 11 is 0. The summed E-state index contributed by atoms with van der Waals surface area (Å²) in [7, 11) is 1.64. The van der Waals surface area contributed by atoms with Crippen LogP contribution >= 0.6 is 0 Å². The molecule has 0 fully saturated rings. The zero-order chi connectivity index (χ0) is 11.1. The van der Waals surface area contributed by atoms with Crippen molar-refractivity contribution in [1.82, 2.24) is 0 Å². The van der Waals surface area contributed by atoms with Crippen molar-refractivity contribution in [2.45, 2.75) is 33.6 Å². The van der Waals surface area contributed by atoms with Crippen LogP contribution in [0.2, 0.25) is 0 Å². The first-order valence-corrected chi connectivity index (χ1v) is 5.20. The molecule has 2 atom stereocenters. The van der Waals surface area contributed by atoms with Gasteiger partial charge in [0.15, 0.2) is 0 Å². The van der Waals surface area contributed by atoms with Crippen molar-refractivity contribution >= 4 is 5.97 Å². The first-order valence-electron chi connectivity index (χ1n) is 5.20. The molecular formula is C11H22O3. The van der Waals surface area contributed by atoms with E-state index >= 15 is 0 Å². The summed E-state index contributed by atoms with van der Waals surface area (Å²) in [6, 6.07) is 0. The van der Waals surface area contributed by atoms with Gasteiger partial charge < -0.3 is 9.84 Å². The molecule has 84 valence electrons. The van der Waals surface area contributed by atoms with Crippen LogP contribution in [-0.4, -0.2) is 24.8 Å². The highest BCUT2D eigenvalue weighted by molar-refractivity contribution is 5.70. The molecule has 2 unspecified atom stereocenters. The Morgan fingerprint density at radius 3 is 2.29 bits per heavy atom. The van der Waals surface area contributed by atoms with Gasteiger partial charge in [-0.3, -0.25) is 4.79 Å². The van der Waals surface area contributed by atoms with E-state index in [-0.39, 0.29) is 11.8 Å². The average Bonchev–Trinajstić information content (AvgIpc) is 2.09. The smallest absolute Gasteiger partial charge is 0.306 e. The highest BCUT2D eigenvalue weighted by atomic mass is 16.5. The minimum atomic E-state index is -0.678. The molecule has 0 saturated carbocycles. The first kappa shape index (κ1) is 13.4. The Morgan fingerprint density at radius 1 is 1.36 bits per heavy atom. The van der Waals surface area contributed by atoms with E-state index in [0.717, 1.165) is 12.8 Å². The van der Waals surface area contributed by atoms with Crippen molar-refractivity contribution in [3.05, 3.63) is 0 Å². The molecule has 14 heavy (non-hydrogen) atoms. The number of aliphatic carboxylic acids is 1. The quantitative estimate of drug-likeness (QED) is 0.689. The van der Waals surface area contributed by atoms with Crippen molar-refractivity contribution in [3.8, 4) is 0 Å². The Balaban J connectivity index is 4.11. The van der Waals surface area contributed by atoms with Gasteiger partial charge >= 0.3 is 5.97 Å². The van der Waals surface area contributed by atoms with Crippen LogP contribution in [0.5, 0.6) is 0 Å². The fraction of sp³-hybridized carbons (Fsp3) is 0.909. The lowest BCUT2D eigenvalue weighted by Crippen LogP contribution is -2.24. The van der Waals surface area contributed by atoms with Crippen LogP contribution in [0.4, 0.5) is 0 Å². The molecule has 0 aliphatic rings. The molecule has 0 bridgehead atoms. The molecule has 0 aromatic heterocycles. The molecule has 1 N–H and O–H groups in total. The summed E-state index contributed by atoms with van der Waals surface area (Å²) < 4.78 is 4.95. The van der Waals surface area contributed by atoms with E-state index in [1.165, 1.54) is 0 Å². The van der Waals surface area contributed by atoms with E-state index in [0.29, 0.717) is 12.5 Å². The van der Waals surface area contributed by atoms with Crippen molar-refractivity contribution in [3.63, 3.8) is 0 Å². The Morgan fingerprint density at radius 2 is 1.93 bits per heavy atom. The standard InChI is InChI=1S/C11H22O3/c1-8(2)7-10(11(12)13)9(3)5-6-14-4/h8-10H,5-7H2,1-4H3,(H,12,13). The molecule has 0 radical (unpaired) electrons. The van der Waals surface area contributed by atoms with Gasteiger partial charge in [0.2, 0.25) is 0 Å². The Kier molecular flexibility index (Phi) is 6.54. The lowest BCUT2D eigenvalue weighted by Gasteiger charge is -2.21. The van der Waals surface area contributed by atoms with Crippen LogP contribution in [0.3, 0.4) is 0 Å². The van der Waals surface area contributed by atoms with E-state index < -0.39 is 5.97 Å². The molecule has 0 saturated heterocycles. The zero-order valence-electron chi connectivity index (χ0n) is 9.62. The summed E-state index contributed by atoms with van der Waals surface area (Å²) in [6.07, 6.45) is 1.57. The first-order chi connectivity index (χ1) is 6.49. The molecule has 0 aromatic rings. The normalized spacial score (nSPS) is 15.5. The molecule has 0 aliphatic heterocycles. The zero-order valence-corrected chi connectivity index (χ0v) is 9.62. The number of carbonyl (C=O) groups is 1. The van der Waals surface area contributed by atoms with Crippen LogP contribution in [0.1, 0.15) is 33.6 Å². The summed E-state index contributed by atoms with van der Waals surface area (Å²) in [5.74, 6) is -0.289. The summed E-state index contributed by atoms with van der Waals surface area (Å²) in [6.45, 7) is 6.74. The SMILES string of the molecule is COCCC(C)C(CC(C)C)C(=O)O. The van der Waals surface area contributed by atoms with E-state index in [1.54, 1.807) is 7.11 Å². The maximum atomic E-state index is 11.0. The summed E-state index contributed by atoms with van der Waals surface area (Å²) in [5.41, 5.74) is 0. The molecule has 0 aliphatic carbocycles. The minimum absolute atomic E-state index is 0.190. The molecule has 3 nitrogen and oxygen atoms in total. The van der Waals surface area contributed by atoms with Crippen molar-refractivity contribution in [2.75, 3.05) is 13.7 Å². The van der Waals surface area contributed by atoms with Crippen molar-refractivity contribution in [1.29, 1.82) is 0 Å². The van der Waals surface area contributed by atoms with Gasteiger partial charge in [0.1, 0.15) is 0 Å². The third kappa shape index (κ3) is 5.22. The predicted octanol–water partition coefficient (Wildman–Crippen LogP) is 2.41. The maximum absolute atomic E-state index is 11.0. The monoisotopic (exact) mass is 202 g/mol. The second kappa shape index (κ2) is 6.82. The Hall–Kier alpha value is -0.570. The number of carboxylic acids is 1. The number of hydrogen-bond donors (Lipinski definition) is 1. The molecular weight excluding hydrogens is 180 g/mol. The molecule has 3 heteroatoms. The van der Waals surface area contributed by atoms with E-state index in [1.807, 2.05) is 6.92 Å². The van der Waals surface area contributed by atoms with Gasteiger partial charge in [-0.25, -0.2) is 0 Å². The van der Waals surface area contributed by atoms with Gasteiger partial charge in [-0.1, -0.05) is 20.8 Å². The lowest BCUT2D eigenvalue weighted by atomic mass is 9.85. The largest absolute Gasteiger partial charge is 0.481 e. The molecule has 0 aromatic carbocycles. The number of ether oxygens (including phenoxy) is 1. The topological polar surface area (TPSA) is 46.5 Å². The van der Waals surface area contributed by atoms with Gasteiger partial charge in [0.05, 0.1) is 5.92 Å². The number of hydrogen-bond acceptors (Lipinski definition) is 2. The van der Waals surface area contributed by atoms with Crippen LogP contribution < -0.4 is 0 Å². The minimum Gasteiger partial charge on any atom is -0.481 e. The number of rotatable bonds is 7. The van der Waals surface area contributed by atoms with Crippen molar-refractivity contribution in [2.24, 2.45) is 17.8 Å². The van der Waals surface area contributed by atoms with Crippen LogP contribution in [0, 0.1) is 17.8 Å². The molecule has 0 spiro atoms. The summed E-state index contributed by atoms with van der Waals surface area (Å²) in [4.78, 5) is 11.0. The van der Waals surface area contributed by atoms with Crippen LogP contribution in [-0.2, 0) is 9.53 Å². The number of carboxylic acid groups (broad SMARTS) is 1.